The highest BCUT2D eigenvalue weighted by Crippen LogP contribution is 2.22. The van der Waals surface area contributed by atoms with Crippen molar-refractivity contribution in [3.8, 4) is 0 Å². The van der Waals surface area contributed by atoms with E-state index in [1.807, 2.05) is 25.1 Å². The molecule has 28 heavy (non-hydrogen) atoms. The molecule has 1 aromatic rings. The van der Waals surface area contributed by atoms with Gasteiger partial charge in [-0.3, -0.25) is 9.79 Å². The summed E-state index contributed by atoms with van der Waals surface area (Å²) in [5.74, 6) is 0.659. The van der Waals surface area contributed by atoms with E-state index in [1.54, 1.807) is 7.05 Å². The number of likely N-dealkylation sites (tertiary alicyclic amines) is 1. The Morgan fingerprint density at radius 2 is 1.86 bits per heavy atom. The lowest BCUT2D eigenvalue weighted by Crippen LogP contribution is -2.40. The average molecular weight is 408 g/mol. The van der Waals surface area contributed by atoms with Crippen LogP contribution in [0.1, 0.15) is 44.1 Å². The summed E-state index contributed by atoms with van der Waals surface area (Å²) in [6.07, 6.45) is 6.83. The van der Waals surface area contributed by atoms with Gasteiger partial charge in [-0.05, 0) is 63.5 Å². The Bertz CT molecular complexity index is 642. The van der Waals surface area contributed by atoms with Crippen LogP contribution in [-0.4, -0.2) is 56.5 Å². The highest BCUT2D eigenvalue weighted by atomic mass is 35.5. The molecular formula is C21H34ClN5O. The summed E-state index contributed by atoms with van der Waals surface area (Å²) in [7, 11) is 1.75. The first-order valence-corrected chi connectivity index (χ1v) is 10.7. The second-order valence-corrected chi connectivity index (χ2v) is 7.72. The predicted molar refractivity (Wildman–Crippen MR) is 118 cm³/mol. The lowest BCUT2D eigenvalue weighted by atomic mass is 10.2. The summed E-state index contributed by atoms with van der Waals surface area (Å²) in [6, 6.07) is 5.59. The number of hydrogen-bond acceptors (Lipinski definition) is 3. The molecule has 0 unspecified atom stereocenters. The Morgan fingerprint density at radius 3 is 2.54 bits per heavy atom. The van der Waals surface area contributed by atoms with E-state index in [1.165, 1.54) is 38.8 Å². The molecule has 0 aliphatic carbocycles. The third kappa shape index (κ3) is 8.48. The second-order valence-electron chi connectivity index (χ2n) is 7.32. The number of guanidine groups is 1. The molecular weight excluding hydrogens is 374 g/mol. The quantitative estimate of drug-likeness (QED) is 0.351. The van der Waals surface area contributed by atoms with Crippen molar-refractivity contribution in [2.45, 2.75) is 45.4 Å². The van der Waals surface area contributed by atoms with E-state index in [0.717, 1.165) is 31.0 Å². The molecule has 2 rings (SSSR count). The standard InChI is InChI=1S/C21H34ClN5O/c1-17-8-9-19(18(22)16-17)26-20(28)10-12-25-21(23-2)24-11-7-15-27-13-5-3-4-6-14-27/h8-9,16H,3-7,10-15H2,1-2H3,(H,26,28)(H2,23,24,25). The van der Waals surface area contributed by atoms with Crippen LogP contribution in [0.15, 0.2) is 23.2 Å². The van der Waals surface area contributed by atoms with E-state index < -0.39 is 0 Å². The number of amides is 1. The smallest absolute Gasteiger partial charge is 0.226 e. The Balaban J connectivity index is 1.60. The molecule has 0 atom stereocenters. The van der Waals surface area contributed by atoms with Gasteiger partial charge in [-0.25, -0.2) is 0 Å². The first-order valence-electron chi connectivity index (χ1n) is 10.3. The summed E-state index contributed by atoms with van der Waals surface area (Å²) in [4.78, 5) is 18.9. The van der Waals surface area contributed by atoms with E-state index in [9.17, 15) is 4.79 Å². The monoisotopic (exact) mass is 407 g/mol. The maximum atomic E-state index is 12.1. The second kappa shape index (κ2) is 12.6. The number of rotatable bonds is 8. The Labute approximate surface area is 174 Å². The van der Waals surface area contributed by atoms with Crippen LogP contribution in [0.4, 0.5) is 5.69 Å². The maximum absolute atomic E-state index is 12.1. The molecule has 0 saturated carbocycles. The normalized spacial score (nSPS) is 15.8. The van der Waals surface area contributed by atoms with Gasteiger partial charge in [0.2, 0.25) is 5.91 Å². The zero-order chi connectivity index (χ0) is 20.2. The van der Waals surface area contributed by atoms with Gasteiger partial charge in [0.05, 0.1) is 10.7 Å². The summed E-state index contributed by atoms with van der Waals surface area (Å²) in [6.45, 7) is 6.94. The predicted octanol–water partition coefficient (Wildman–Crippen LogP) is 3.41. The van der Waals surface area contributed by atoms with Gasteiger partial charge in [-0.1, -0.05) is 30.5 Å². The topological polar surface area (TPSA) is 68.8 Å². The largest absolute Gasteiger partial charge is 0.356 e. The molecule has 0 aromatic heterocycles. The van der Waals surface area contributed by atoms with Crippen molar-refractivity contribution >= 4 is 29.2 Å². The number of halogens is 1. The maximum Gasteiger partial charge on any atom is 0.226 e. The molecule has 6 nitrogen and oxygen atoms in total. The third-order valence-corrected chi connectivity index (χ3v) is 5.22. The van der Waals surface area contributed by atoms with Crippen molar-refractivity contribution in [2.75, 3.05) is 45.1 Å². The minimum absolute atomic E-state index is 0.0742. The first kappa shape index (κ1) is 22.5. The number of nitrogens with one attached hydrogen (secondary N) is 3. The zero-order valence-electron chi connectivity index (χ0n) is 17.2. The Kier molecular flexibility index (Phi) is 10.1. The molecule has 1 fully saturated rings. The number of aryl methyl sites for hydroxylation is 1. The number of carbonyl (C=O) groups is 1. The van der Waals surface area contributed by atoms with Crippen molar-refractivity contribution in [1.29, 1.82) is 0 Å². The molecule has 0 bridgehead atoms. The van der Waals surface area contributed by atoms with Crippen molar-refractivity contribution in [3.63, 3.8) is 0 Å². The first-order chi connectivity index (χ1) is 13.6. The summed E-state index contributed by atoms with van der Waals surface area (Å²) >= 11 is 6.15. The van der Waals surface area contributed by atoms with Gasteiger partial charge in [0, 0.05) is 26.6 Å². The van der Waals surface area contributed by atoms with Gasteiger partial charge in [0.15, 0.2) is 5.96 Å². The van der Waals surface area contributed by atoms with E-state index in [0.29, 0.717) is 23.7 Å². The van der Waals surface area contributed by atoms with Crippen molar-refractivity contribution in [3.05, 3.63) is 28.8 Å². The molecule has 1 amide bonds. The van der Waals surface area contributed by atoms with Gasteiger partial charge in [0.1, 0.15) is 0 Å². The van der Waals surface area contributed by atoms with Crippen LogP contribution in [0.5, 0.6) is 0 Å². The molecule has 3 N–H and O–H groups in total. The van der Waals surface area contributed by atoms with Gasteiger partial charge in [-0.2, -0.15) is 0 Å². The van der Waals surface area contributed by atoms with Crippen LogP contribution in [0.3, 0.4) is 0 Å². The zero-order valence-corrected chi connectivity index (χ0v) is 17.9. The number of benzene rings is 1. The fourth-order valence-corrected chi connectivity index (χ4v) is 3.60. The van der Waals surface area contributed by atoms with Crippen LogP contribution in [0.25, 0.3) is 0 Å². The van der Waals surface area contributed by atoms with Crippen LogP contribution in [0.2, 0.25) is 5.02 Å². The summed E-state index contributed by atoms with van der Waals surface area (Å²) in [5, 5.41) is 9.92. The SMILES string of the molecule is CN=C(NCCCN1CCCCCC1)NCCC(=O)Nc1ccc(C)cc1Cl. The van der Waals surface area contributed by atoms with Crippen LogP contribution < -0.4 is 16.0 Å². The van der Waals surface area contributed by atoms with Crippen LogP contribution in [0, 0.1) is 6.92 Å². The van der Waals surface area contributed by atoms with Crippen molar-refractivity contribution < 1.29 is 4.79 Å². The Hall–Kier alpha value is -1.79. The number of hydrogen-bond donors (Lipinski definition) is 3. The highest BCUT2D eigenvalue weighted by molar-refractivity contribution is 6.33. The van der Waals surface area contributed by atoms with Gasteiger partial charge in [-0.15, -0.1) is 0 Å². The molecule has 7 heteroatoms. The molecule has 1 aromatic carbocycles. The average Bonchev–Trinajstić information content (AvgIpc) is 2.95. The van der Waals surface area contributed by atoms with Gasteiger partial charge >= 0.3 is 0 Å². The van der Waals surface area contributed by atoms with Crippen molar-refractivity contribution in [2.24, 2.45) is 4.99 Å². The summed E-state index contributed by atoms with van der Waals surface area (Å²) in [5.41, 5.74) is 1.71. The minimum atomic E-state index is -0.0742. The van der Waals surface area contributed by atoms with E-state index in [2.05, 4.69) is 25.8 Å². The molecule has 1 aliphatic heterocycles. The fourth-order valence-electron chi connectivity index (χ4n) is 3.32. The molecule has 0 spiro atoms. The fraction of sp³-hybridized carbons (Fsp3) is 0.619. The molecule has 1 saturated heterocycles. The highest BCUT2D eigenvalue weighted by Gasteiger charge is 2.09. The molecule has 0 radical (unpaired) electrons. The minimum Gasteiger partial charge on any atom is -0.356 e. The van der Waals surface area contributed by atoms with E-state index >= 15 is 0 Å². The molecule has 1 heterocycles. The number of carbonyl (C=O) groups excluding carboxylic acids is 1. The number of aliphatic imine (C=N–C) groups is 1. The lowest BCUT2D eigenvalue weighted by Gasteiger charge is -2.20. The number of anilines is 1. The lowest BCUT2D eigenvalue weighted by molar-refractivity contribution is -0.116. The third-order valence-electron chi connectivity index (χ3n) is 4.91. The summed E-state index contributed by atoms with van der Waals surface area (Å²) < 4.78 is 0. The van der Waals surface area contributed by atoms with Crippen molar-refractivity contribution in [1.82, 2.24) is 15.5 Å². The number of nitrogens with zero attached hydrogens (tertiary/aromatic N) is 2. The molecule has 1 aliphatic rings. The van der Waals surface area contributed by atoms with E-state index in [-0.39, 0.29) is 5.91 Å². The van der Waals surface area contributed by atoms with Gasteiger partial charge < -0.3 is 20.9 Å². The Morgan fingerprint density at radius 1 is 1.14 bits per heavy atom. The van der Waals surface area contributed by atoms with Crippen LogP contribution >= 0.6 is 11.6 Å². The van der Waals surface area contributed by atoms with E-state index in [4.69, 9.17) is 11.6 Å². The molecule has 156 valence electrons. The van der Waals surface area contributed by atoms with Gasteiger partial charge in [0.25, 0.3) is 0 Å². The van der Waals surface area contributed by atoms with Crippen LogP contribution in [-0.2, 0) is 4.79 Å².